The Kier molecular flexibility index (Phi) is 7.15. The second-order valence-electron chi connectivity index (χ2n) is 9.16. The van der Waals surface area contributed by atoms with Gasteiger partial charge in [-0.2, -0.15) is 0 Å². The average Bonchev–Trinajstić information content (AvgIpc) is 3.39. The first kappa shape index (κ1) is 21.7. The van der Waals surface area contributed by atoms with E-state index in [1.165, 1.54) is 47.8 Å². The summed E-state index contributed by atoms with van der Waals surface area (Å²) in [4.78, 5) is 25.2. The number of aromatic nitrogens is 1. The van der Waals surface area contributed by atoms with Gasteiger partial charge >= 0.3 is 12.0 Å². The molecule has 1 saturated carbocycles. The largest absolute Gasteiger partial charge is 0.481 e. The summed E-state index contributed by atoms with van der Waals surface area (Å²) in [7, 11) is 0. The van der Waals surface area contributed by atoms with E-state index in [2.05, 4.69) is 34.1 Å². The highest BCUT2D eigenvalue weighted by Gasteiger charge is 2.27. The number of hydrogen-bond donors (Lipinski definition) is 2. The highest BCUT2D eigenvalue weighted by Crippen LogP contribution is 2.34. The molecule has 1 aromatic carbocycles. The van der Waals surface area contributed by atoms with Crippen molar-refractivity contribution in [3.05, 3.63) is 35.5 Å². The first-order chi connectivity index (χ1) is 15.1. The van der Waals surface area contributed by atoms with Crippen LogP contribution >= 0.6 is 0 Å². The molecular formula is C25H35N3O3. The molecule has 1 aliphatic heterocycles. The van der Waals surface area contributed by atoms with Crippen LogP contribution in [0.25, 0.3) is 10.9 Å². The van der Waals surface area contributed by atoms with Gasteiger partial charge in [-0.1, -0.05) is 43.9 Å². The van der Waals surface area contributed by atoms with Gasteiger partial charge in [0.05, 0.1) is 0 Å². The fourth-order valence-corrected chi connectivity index (χ4v) is 5.30. The normalized spacial score (nSPS) is 16.6. The molecule has 0 unspecified atom stereocenters. The van der Waals surface area contributed by atoms with Gasteiger partial charge in [0.1, 0.15) is 0 Å². The summed E-state index contributed by atoms with van der Waals surface area (Å²) in [6.45, 7) is 3.21. The number of carboxylic acids is 1. The number of carboxylic acid groups (broad SMARTS) is 1. The predicted octanol–water partition coefficient (Wildman–Crippen LogP) is 4.93. The molecule has 2 aromatic rings. The van der Waals surface area contributed by atoms with Crippen LogP contribution in [0, 0.1) is 5.92 Å². The Hall–Kier alpha value is -2.50. The Balaban J connectivity index is 1.35. The third-order valence-corrected chi connectivity index (χ3v) is 6.96. The van der Waals surface area contributed by atoms with Crippen molar-refractivity contribution in [2.24, 2.45) is 5.92 Å². The summed E-state index contributed by atoms with van der Waals surface area (Å²) < 4.78 is 2.55. The van der Waals surface area contributed by atoms with E-state index in [1.54, 1.807) is 0 Å². The van der Waals surface area contributed by atoms with E-state index in [4.69, 9.17) is 5.11 Å². The lowest BCUT2D eigenvalue weighted by Gasteiger charge is -2.29. The van der Waals surface area contributed by atoms with Gasteiger partial charge in [-0.05, 0) is 37.7 Å². The van der Waals surface area contributed by atoms with Crippen LogP contribution in [0.5, 0.6) is 0 Å². The van der Waals surface area contributed by atoms with Crippen molar-refractivity contribution >= 4 is 22.9 Å². The number of carbonyl (C=O) groups excluding carboxylic acids is 1. The number of urea groups is 1. The van der Waals surface area contributed by atoms with Crippen LogP contribution in [-0.4, -0.2) is 39.7 Å². The minimum atomic E-state index is -0.734. The van der Waals surface area contributed by atoms with Crippen molar-refractivity contribution in [1.82, 2.24) is 14.8 Å². The molecule has 6 heteroatoms. The van der Waals surface area contributed by atoms with Crippen LogP contribution in [0.15, 0.2) is 24.3 Å². The zero-order chi connectivity index (χ0) is 21.6. The Morgan fingerprint density at radius 2 is 1.84 bits per heavy atom. The van der Waals surface area contributed by atoms with Gasteiger partial charge in [0.25, 0.3) is 0 Å². The summed E-state index contributed by atoms with van der Waals surface area (Å²) in [5, 5.41) is 13.0. The molecule has 0 radical (unpaired) electrons. The maximum absolute atomic E-state index is 12.7. The third-order valence-electron chi connectivity index (χ3n) is 6.96. The number of nitrogens with one attached hydrogen (secondary N) is 1. The molecule has 4 rings (SSSR count). The number of carbonyl (C=O) groups is 2. The van der Waals surface area contributed by atoms with E-state index >= 15 is 0 Å². The van der Waals surface area contributed by atoms with Gasteiger partial charge in [0.2, 0.25) is 0 Å². The number of hydrogen-bond acceptors (Lipinski definition) is 2. The van der Waals surface area contributed by atoms with Gasteiger partial charge in [-0.15, -0.1) is 0 Å². The minimum Gasteiger partial charge on any atom is -0.481 e. The molecule has 0 saturated heterocycles. The second-order valence-corrected chi connectivity index (χ2v) is 9.16. The molecule has 1 fully saturated rings. The zero-order valence-corrected chi connectivity index (χ0v) is 18.4. The summed E-state index contributed by atoms with van der Waals surface area (Å²) in [5.41, 5.74) is 4.07. The maximum atomic E-state index is 12.7. The van der Waals surface area contributed by atoms with Crippen LogP contribution in [0.1, 0.15) is 69.0 Å². The lowest BCUT2D eigenvalue weighted by Crippen LogP contribution is -2.43. The summed E-state index contributed by atoms with van der Waals surface area (Å²) in [5.74, 6) is 0.0547. The molecular weight excluding hydrogens is 390 g/mol. The molecule has 168 valence electrons. The number of nitrogens with zero attached hydrogens (tertiary/aromatic N) is 2. The molecule has 1 aliphatic carbocycles. The zero-order valence-electron chi connectivity index (χ0n) is 18.4. The molecule has 1 aromatic heterocycles. The third kappa shape index (κ3) is 5.23. The van der Waals surface area contributed by atoms with Crippen molar-refractivity contribution in [2.45, 2.75) is 77.3 Å². The molecule has 2 heterocycles. The number of amides is 2. The minimum absolute atomic E-state index is 0.0174. The van der Waals surface area contributed by atoms with E-state index in [9.17, 15) is 9.59 Å². The van der Waals surface area contributed by atoms with Crippen molar-refractivity contribution in [3.63, 3.8) is 0 Å². The molecule has 0 bridgehead atoms. The highest BCUT2D eigenvalue weighted by molar-refractivity contribution is 5.86. The average molecular weight is 426 g/mol. The monoisotopic (exact) mass is 425 g/mol. The summed E-state index contributed by atoms with van der Waals surface area (Å²) in [6.07, 6.45) is 10.0. The smallest absolute Gasteiger partial charge is 0.317 e. The number of rotatable bonds is 9. The summed E-state index contributed by atoms with van der Waals surface area (Å²) >= 11 is 0. The maximum Gasteiger partial charge on any atom is 0.317 e. The quantitative estimate of drug-likeness (QED) is 0.559. The lowest BCUT2D eigenvalue weighted by atomic mass is 10.0. The topological polar surface area (TPSA) is 74.6 Å². The van der Waals surface area contributed by atoms with Crippen molar-refractivity contribution < 1.29 is 14.7 Å². The standard InChI is InChI=1S/C25H35N3O3/c29-24(30)13-3-1-2-8-15-26-25(31)27-16-14-23-21(18-27)20-11-6-7-12-22(20)28(23)17-19-9-4-5-10-19/h6-7,11-12,19H,1-5,8-10,13-18H2,(H,26,31)(H,29,30). The number of aliphatic carboxylic acids is 1. The van der Waals surface area contributed by atoms with Gasteiger partial charge in [-0.3, -0.25) is 4.79 Å². The molecule has 0 atom stereocenters. The molecule has 31 heavy (non-hydrogen) atoms. The number of benzene rings is 1. The van der Waals surface area contributed by atoms with E-state index < -0.39 is 5.97 Å². The highest BCUT2D eigenvalue weighted by atomic mass is 16.4. The number of fused-ring (bicyclic) bond motifs is 3. The van der Waals surface area contributed by atoms with Gasteiger partial charge in [0.15, 0.2) is 0 Å². The Labute approximate surface area is 184 Å². The van der Waals surface area contributed by atoms with Crippen LogP contribution in [0.2, 0.25) is 0 Å². The van der Waals surface area contributed by atoms with Crippen LogP contribution in [0.3, 0.4) is 0 Å². The van der Waals surface area contributed by atoms with E-state index in [0.717, 1.165) is 44.7 Å². The lowest BCUT2D eigenvalue weighted by molar-refractivity contribution is -0.137. The SMILES string of the molecule is O=C(O)CCCCCCNC(=O)N1CCc2c(c3ccccc3n2CC2CCCC2)C1. The Morgan fingerprint density at radius 1 is 1.06 bits per heavy atom. The van der Waals surface area contributed by atoms with Gasteiger partial charge in [-0.25, -0.2) is 4.79 Å². The van der Waals surface area contributed by atoms with Crippen LogP contribution in [-0.2, 0) is 24.3 Å². The van der Waals surface area contributed by atoms with E-state index in [1.807, 2.05) is 4.90 Å². The Morgan fingerprint density at radius 3 is 2.65 bits per heavy atom. The van der Waals surface area contributed by atoms with Crippen molar-refractivity contribution in [1.29, 1.82) is 0 Å². The first-order valence-electron chi connectivity index (χ1n) is 12.0. The Bertz CT molecular complexity index is 914. The van der Waals surface area contributed by atoms with Crippen molar-refractivity contribution in [2.75, 3.05) is 13.1 Å². The van der Waals surface area contributed by atoms with Gasteiger partial charge in [0, 0.05) is 61.2 Å². The fraction of sp³-hybridized carbons (Fsp3) is 0.600. The number of para-hydroxylation sites is 1. The summed E-state index contributed by atoms with van der Waals surface area (Å²) in [6, 6.07) is 8.69. The molecule has 0 spiro atoms. The first-order valence-corrected chi connectivity index (χ1v) is 12.0. The fourth-order valence-electron chi connectivity index (χ4n) is 5.30. The van der Waals surface area contributed by atoms with Gasteiger partial charge < -0.3 is 19.9 Å². The number of unbranched alkanes of at least 4 members (excludes halogenated alkanes) is 3. The second kappa shape index (κ2) is 10.2. The van der Waals surface area contributed by atoms with Crippen LogP contribution in [0.4, 0.5) is 4.79 Å². The van der Waals surface area contributed by atoms with E-state index in [-0.39, 0.29) is 12.5 Å². The predicted molar refractivity (Wildman–Crippen MR) is 122 cm³/mol. The molecule has 2 amide bonds. The van der Waals surface area contributed by atoms with E-state index in [0.29, 0.717) is 19.5 Å². The molecule has 6 nitrogen and oxygen atoms in total. The molecule has 2 N–H and O–H groups in total. The molecule has 2 aliphatic rings. The van der Waals surface area contributed by atoms with Crippen molar-refractivity contribution in [3.8, 4) is 0 Å². The van der Waals surface area contributed by atoms with Crippen LogP contribution < -0.4 is 5.32 Å².